The number of carbonyl (C=O) groups is 5. The van der Waals surface area contributed by atoms with E-state index >= 15 is 0 Å². The fraction of sp³-hybridized carbons (Fsp3) is 0.432. The number of hydrogen-bond acceptors (Lipinski definition) is 7. The van der Waals surface area contributed by atoms with Crippen LogP contribution in [0.3, 0.4) is 0 Å². The van der Waals surface area contributed by atoms with Gasteiger partial charge in [0.1, 0.15) is 17.8 Å². The van der Waals surface area contributed by atoms with Gasteiger partial charge in [-0.2, -0.15) is 0 Å². The average Bonchev–Trinajstić information content (AvgIpc) is 3.11. The lowest BCUT2D eigenvalue weighted by atomic mass is 9.95. The molecule has 1 saturated heterocycles. The molecule has 0 radical (unpaired) electrons. The van der Waals surface area contributed by atoms with Crippen molar-refractivity contribution in [3.63, 3.8) is 0 Å². The van der Waals surface area contributed by atoms with Crippen molar-refractivity contribution in [3.05, 3.63) is 95.0 Å². The third-order valence-corrected chi connectivity index (χ3v) is 8.75. The zero-order valence-corrected chi connectivity index (χ0v) is 29.5. The summed E-state index contributed by atoms with van der Waals surface area (Å²) in [4.78, 5) is 76.5. The van der Waals surface area contributed by atoms with Crippen molar-refractivity contribution in [1.82, 2.24) is 36.1 Å². The maximum Gasteiger partial charge on any atom is 0.274 e. The molecule has 266 valence electrons. The van der Waals surface area contributed by atoms with E-state index in [1.807, 2.05) is 57.2 Å². The van der Waals surface area contributed by atoms with Crippen molar-refractivity contribution in [1.29, 1.82) is 0 Å². The SMILES string of the molecule is CC(C)(C)CNC(=O)C[C@H](NC(=O)C1CCN(C(=O)c2cnccn2)CC1)C(=O)N[C@@H](CCc1ccccc1)C(=O)NCc1ccccc1Cl. The highest BCUT2D eigenvalue weighted by Crippen LogP contribution is 2.20. The van der Waals surface area contributed by atoms with E-state index in [2.05, 4.69) is 31.2 Å². The number of piperidine rings is 1. The van der Waals surface area contributed by atoms with E-state index in [0.29, 0.717) is 43.9 Å². The Hall–Kier alpha value is -4.84. The van der Waals surface area contributed by atoms with Gasteiger partial charge >= 0.3 is 0 Å². The second-order valence-electron chi connectivity index (χ2n) is 13.7. The van der Waals surface area contributed by atoms with E-state index < -0.39 is 41.6 Å². The summed E-state index contributed by atoms with van der Waals surface area (Å²) in [6, 6.07) is 14.5. The summed E-state index contributed by atoms with van der Waals surface area (Å²) in [5.41, 5.74) is 1.74. The van der Waals surface area contributed by atoms with Crippen LogP contribution in [0.2, 0.25) is 5.02 Å². The van der Waals surface area contributed by atoms with Gasteiger partial charge in [0.2, 0.25) is 23.6 Å². The number of carbonyl (C=O) groups excluding carboxylic acids is 5. The first kappa shape index (κ1) is 38.0. The van der Waals surface area contributed by atoms with Gasteiger partial charge in [-0.3, -0.25) is 29.0 Å². The predicted octanol–water partition coefficient (Wildman–Crippen LogP) is 3.45. The van der Waals surface area contributed by atoms with Crippen LogP contribution in [0.4, 0.5) is 0 Å². The molecule has 0 aliphatic carbocycles. The molecular weight excluding hydrogens is 658 g/mol. The number of nitrogens with one attached hydrogen (secondary N) is 4. The lowest BCUT2D eigenvalue weighted by Crippen LogP contribution is -2.56. The molecule has 13 heteroatoms. The molecule has 2 aromatic carbocycles. The van der Waals surface area contributed by atoms with Gasteiger partial charge in [-0.15, -0.1) is 0 Å². The van der Waals surface area contributed by atoms with E-state index in [0.717, 1.165) is 11.1 Å². The number of amides is 5. The maximum absolute atomic E-state index is 13.9. The third-order valence-electron chi connectivity index (χ3n) is 8.38. The number of rotatable bonds is 14. The Morgan fingerprint density at radius 2 is 1.58 bits per heavy atom. The summed E-state index contributed by atoms with van der Waals surface area (Å²) >= 11 is 6.30. The van der Waals surface area contributed by atoms with Gasteiger partial charge < -0.3 is 26.2 Å². The monoisotopic (exact) mass is 703 g/mol. The van der Waals surface area contributed by atoms with Gasteiger partial charge in [-0.1, -0.05) is 80.9 Å². The number of hydrogen-bond donors (Lipinski definition) is 4. The molecule has 0 saturated carbocycles. The molecule has 5 amide bonds. The van der Waals surface area contributed by atoms with Gasteiger partial charge in [0.25, 0.3) is 5.91 Å². The van der Waals surface area contributed by atoms with Crippen molar-refractivity contribution in [3.8, 4) is 0 Å². The molecule has 4 rings (SSSR count). The summed E-state index contributed by atoms with van der Waals surface area (Å²) in [5.74, 6) is -2.62. The molecule has 50 heavy (non-hydrogen) atoms. The molecule has 0 unspecified atom stereocenters. The van der Waals surface area contributed by atoms with Crippen LogP contribution < -0.4 is 21.3 Å². The summed E-state index contributed by atoms with van der Waals surface area (Å²) in [6.07, 6.45) is 5.54. The zero-order valence-electron chi connectivity index (χ0n) is 28.8. The molecule has 0 bridgehead atoms. The average molecular weight is 704 g/mol. The van der Waals surface area contributed by atoms with Crippen LogP contribution in [0.1, 0.15) is 68.1 Å². The Morgan fingerprint density at radius 3 is 2.24 bits per heavy atom. The molecule has 0 spiro atoms. The summed E-state index contributed by atoms with van der Waals surface area (Å²) < 4.78 is 0. The quantitative estimate of drug-likeness (QED) is 0.200. The van der Waals surface area contributed by atoms with E-state index in [1.54, 1.807) is 23.1 Å². The van der Waals surface area contributed by atoms with Crippen LogP contribution in [-0.2, 0) is 32.1 Å². The highest BCUT2D eigenvalue weighted by molar-refractivity contribution is 6.31. The van der Waals surface area contributed by atoms with Crippen LogP contribution in [-0.4, -0.2) is 76.1 Å². The van der Waals surface area contributed by atoms with Gasteiger partial charge in [0, 0.05) is 49.5 Å². The Balaban J connectivity index is 1.45. The first-order chi connectivity index (χ1) is 23.9. The maximum atomic E-state index is 13.9. The number of aromatic nitrogens is 2. The largest absolute Gasteiger partial charge is 0.355 e. The molecule has 1 aliphatic rings. The highest BCUT2D eigenvalue weighted by atomic mass is 35.5. The lowest BCUT2D eigenvalue weighted by Gasteiger charge is -2.32. The minimum Gasteiger partial charge on any atom is -0.355 e. The van der Waals surface area contributed by atoms with Crippen molar-refractivity contribution in [2.45, 2.75) is 71.5 Å². The third kappa shape index (κ3) is 11.9. The highest BCUT2D eigenvalue weighted by Gasteiger charge is 2.33. The van der Waals surface area contributed by atoms with Crippen molar-refractivity contribution < 1.29 is 24.0 Å². The van der Waals surface area contributed by atoms with Crippen molar-refractivity contribution in [2.75, 3.05) is 19.6 Å². The summed E-state index contributed by atoms with van der Waals surface area (Å²) in [6.45, 7) is 7.09. The summed E-state index contributed by atoms with van der Waals surface area (Å²) in [5, 5.41) is 11.8. The molecule has 4 N–H and O–H groups in total. The fourth-order valence-corrected chi connectivity index (χ4v) is 5.68. The van der Waals surface area contributed by atoms with Crippen molar-refractivity contribution in [2.24, 2.45) is 11.3 Å². The molecule has 3 aromatic rings. The first-order valence-electron chi connectivity index (χ1n) is 16.9. The molecule has 1 aliphatic heterocycles. The summed E-state index contributed by atoms with van der Waals surface area (Å²) in [7, 11) is 0. The van der Waals surface area contributed by atoms with Crippen LogP contribution in [0.5, 0.6) is 0 Å². The number of aryl methyl sites for hydroxylation is 1. The van der Waals surface area contributed by atoms with Crippen molar-refractivity contribution >= 4 is 41.1 Å². The smallest absolute Gasteiger partial charge is 0.274 e. The topological polar surface area (TPSA) is 162 Å². The van der Waals surface area contributed by atoms with Crippen LogP contribution in [0.15, 0.2) is 73.2 Å². The Morgan fingerprint density at radius 1 is 0.880 bits per heavy atom. The van der Waals surface area contributed by atoms with E-state index in [9.17, 15) is 24.0 Å². The van der Waals surface area contributed by atoms with Crippen LogP contribution in [0, 0.1) is 11.3 Å². The Kier molecular flexibility index (Phi) is 13.8. The normalized spacial score (nSPS) is 14.6. The van der Waals surface area contributed by atoms with Gasteiger partial charge in [-0.05, 0) is 48.3 Å². The minimum absolute atomic E-state index is 0.156. The lowest BCUT2D eigenvalue weighted by molar-refractivity contribution is -0.135. The van der Waals surface area contributed by atoms with Gasteiger partial charge in [0.05, 0.1) is 12.6 Å². The second kappa shape index (κ2) is 18.2. The Bertz CT molecular complexity index is 1610. The van der Waals surface area contributed by atoms with E-state index in [4.69, 9.17) is 11.6 Å². The molecule has 1 fully saturated rings. The standard InChI is InChI=1S/C37H46ClN7O5/c1-37(2,3)24-42-32(46)21-30(44-33(47)26-15-19-45(20-16-26)36(50)31-23-39-17-18-40-31)35(49)43-29(14-13-25-9-5-4-6-10-25)34(48)41-22-27-11-7-8-12-28(27)38/h4-12,17-18,23,26,29-30H,13-16,19-22,24H2,1-3H3,(H,41,48)(H,42,46)(H,43,49)(H,44,47)/t29-,30-/m0/s1. The van der Waals surface area contributed by atoms with E-state index in [-0.39, 0.29) is 36.4 Å². The number of likely N-dealkylation sites (tertiary alicyclic amines) is 1. The van der Waals surface area contributed by atoms with Gasteiger partial charge in [-0.25, -0.2) is 4.98 Å². The molecular formula is C37H46ClN7O5. The van der Waals surface area contributed by atoms with Crippen LogP contribution >= 0.6 is 11.6 Å². The predicted molar refractivity (Wildman–Crippen MR) is 190 cm³/mol. The first-order valence-corrected chi connectivity index (χ1v) is 17.2. The fourth-order valence-electron chi connectivity index (χ4n) is 5.48. The zero-order chi connectivity index (χ0) is 36.1. The molecule has 2 atom stereocenters. The Labute approximate surface area is 298 Å². The molecule has 1 aromatic heterocycles. The second-order valence-corrected chi connectivity index (χ2v) is 14.1. The number of nitrogens with zero attached hydrogens (tertiary/aromatic N) is 3. The minimum atomic E-state index is -1.24. The van der Waals surface area contributed by atoms with E-state index in [1.165, 1.54) is 18.6 Å². The molecule has 2 heterocycles. The van der Waals surface area contributed by atoms with Crippen LogP contribution in [0.25, 0.3) is 0 Å². The van der Waals surface area contributed by atoms with Gasteiger partial charge in [0.15, 0.2) is 0 Å². The number of benzene rings is 2. The molecule has 12 nitrogen and oxygen atoms in total. The number of halogens is 1.